The van der Waals surface area contributed by atoms with Crippen molar-refractivity contribution in [1.29, 1.82) is 0 Å². The van der Waals surface area contributed by atoms with Crippen LogP contribution in [0, 0.1) is 23.2 Å². The largest absolute Gasteiger partial charge is 0.468 e. The normalized spacial score (nSPS) is 27.7. The second kappa shape index (κ2) is 12.5. The minimum absolute atomic E-state index is 0.0626. The Morgan fingerprint density at radius 3 is 2.42 bits per heavy atom. The van der Waals surface area contributed by atoms with Crippen LogP contribution in [0.2, 0.25) is 0 Å². The number of amides is 3. The molecule has 12 heteroatoms. The lowest BCUT2D eigenvalue weighted by Gasteiger charge is -2.53. The highest BCUT2D eigenvalue weighted by atomic mass is 16.7. The van der Waals surface area contributed by atoms with E-state index in [1.165, 1.54) is 7.11 Å². The van der Waals surface area contributed by atoms with Gasteiger partial charge in [-0.25, -0.2) is 4.79 Å². The topological polar surface area (TPSA) is 124 Å². The highest BCUT2D eigenvalue weighted by Crippen LogP contribution is 2.57. The average Bonchev–Trinajstić information content (AvgIpc) is 3.78. The number of piperazine rings is 1. The fraction of sp³-hybridized carbons (Fsp3) is 0.636. The number of fused-ring (bicyclic) bond motifs is 2. The first-order valence-electron chi connectivity index (χ1n) is 16.0. The SMILES string of the molecule is CCOC(=O)N1CCN(C(=O)C[C@H]2C[C@@]3(C(=O)OC)C(=C[C@H](C(C)C)O[C@@H]3C3CC3)N(Cc3ccc4c(c3)OCO4)C2=O)CC1. The van der Waals surface area contributed by atoms with Crippen molar-refractivity contribution in [2.75, 3.05) is 46.7 Å². The summed E-state index contributed by atoms with van der Waals surface area (Å²) in [5.74, 6) is -0.114. The van der Waals surface area contributed by atoms with E-state index in [2.05, 4.69) is 13.8 Å². The van der Waals surface area contributed by atoms with E-state index in [1.54, 1.807) is 21.6 Å². The van der Waals surface area contributed by atoms with Crippen LogP contribution in [-0.4, -0.2) is 97.5 Å². The number of ether oxygens (including phenoxy) is 5. The van der Waals surface area contributed by atoms with Crippen LogP contribution < -0.4 is 9.47 Å². The molecule has 1 aromatic carbocycles. The number of esters is 1. The molecule has 0 spiro atoms. The molecule has 4 heterocycles. The molecule has 0 N–H and O–H groups in total. The van der Waals surface area contributed by atoms with Crippen molar-refractivity contribution >= 4 is 23.9 Å². The minimum atomic E-state index is -1.24. The molecular formula is C33H43N3O9. The molecule has 2 saturated heterocycles. The van der Waals surface area contributed by atoms with Gasteiger partial charge in [-0.1, -0.05) is 19.9 Å². The third-order valence-electron chi connectivity index (χ3n) is 9.66. The molecule has 12 nitrogen and oxygen atoms in total. The number of benzene rings is 1. The van der Waals surface area contributed by atoms with E-state index in [0.29, 0.717) is 43.4 Å². The number of piperidine rings is 1. The molecule has 4 atom stereocenters. The van der Waals surface area contributed by atoms with E-state index in [1.807, 2.05) is 24.3 Å². The molecule has 0 unspecified atom stereocenters. The van der Waals surface area contributed by atoms with Gasteiger partial charge in [0.1, 0.15) is 5.41 Å². The summed E-state index contributed by atoms with van der Waals surface area (Å²) >= 11 is 0. The molecule has 5 aliphatic rings. The molecule has 244 valence electrons. The highest BCUT2D eigenvalue weighted by Gasteiger charge is 2.64. The van der Waals surface area contributed by atoms with E-state index in [0.717, 1.165) is 18.4 Å². The van der Waals surface area contributed by atoms with E-state index >= 15 is 0 Å². The molecule has 0 radical (unpaired) electrons. The van der Waals surface area contributed by atoms with Crippen LogP contribution in [0.1, 0.15) is 52.0 Å². The van der Waals surface area contributed by atoms with Gasteiger partial charge in [-0.3, -0.25) is 14.4 Å². The smallest absolute Gasteiger partial charge is 0.409 e. The van der Waals surface area contributed by atoms with Crippen LogP contribution in [0.5, 0.6) is 11.5 Å². The second-order valence-electron chi connectivity index (χ2n) is 12.9. The Morgan fingerprint density at radius 1 is 1.04 bits per heavy atom. The summed E-state index contributed by atoms with van der Waals surface area (Å²) in [6, 6.07) is 5.56. The summed E-state index contributed by atoms with van der Waals surface area (Å²) in [7, 11) is 1.37. The van der Waals surface area contributed by atoms with Gasteiger partial charge in [0.15, 0.2) is 11.5 Å². The second-order valence-corrected chi connectivity index (χ2v) is 12.9. The standard InChI is InChI=1S/C33H43N3O9/c1-5-42-32(40)35-12-10-34(11-13-35)28(37)15-23-17-33(31(39)41-4)27(16-25(20(2)3)45-29(33)22-7-8-22)36(30(23)38)18-21-6-9-24-26(14-21)44-19-43-24/h6,9,14,16,20,22-23,25,29H,5,7-8,10-13,15,17-19H2,1-4H3/t23-,25+,29+,33+/m0/s1. The first-order chi connectivity index (χ1) is 21.7. The summed E-state index contributed by atoms with van der Waals surface area (Å²) < 4.78 is 28.4. The van der Waals surface area contributed by atoms with Crippen molar-refractivity contribution in [1.82, 2.24) is 14.7 Å². The van der Waals surface area contributed by atoms with Crippen molar-refractivity contribution < 1.29 is 42.9 Å². The van der Waals surface area contributed by atoms with Gasteiger partial charge in [-0.05, 0) is 61.8 Å². The van der Waals surface area contributed by atoms with Crippen molar-refractivity contribution in [3.8, 4) is 11.5 Å². The molecule has 6 rings (SSSR count). The predicted octanol–water partition coefficient (Wildman–Crippen LogP) is 3.33. The lowest BCUT2D eigenvalue weighted by Crippen LogP contribution is -2.61. The summed E-state index contributed by atoms with van der Waals surface area (Å²) in [6.45, 7) is 7.88. The van der Waals surface area contributed by atoms with E-state index < -0.39 is 29.5 Å². The van der Waals surface area contributed by atoms with Gasteiger partial charge < -0.3 is 38.4 Å². The third kappa shape index (κ3) is 5.84. The zero-order chi connectivity index (χ0) is 31.9. The first kappa shape index (κ1) is 31.2. The van der Waals surface area contributed by atoms with Crippen molar-refractivity contribution in [2.45, 2.75) is 65.2 Å². The Kier molecular flexibility index (Phi) is 8.69. The maximum Gasteiger partial charge on any atom is 0.409 e. The molecule has 3 amide bonds. The number of hydrogen-bond acceptors (Lipinski definition) is 9. The minimum Gasteiger partial charge on any atom is -0.468 e. The number of carbonyl (C=O) groups excluding carboxylic acids is 4. The number of methoxy groups -OCH3 is 1. The van der Waals surface area contributed by atoms with E-state index in [9.17, 15) is 19.2 Å². The van der Waals surface area contributed by atoms with Gasteiger partial charge in [0.25, 0.3) is 0 Å². The highest BCUT2D eigenvalue weighted by molar-refractivity contribution is 5.93. The van der Waals surface area contributed by atoms with Gasteiger partial charge in [-0.15, -0.1) is 0 Å². The fourth-order valence-electron chi connectivity index (χ4n) is 7.13. The Labute approximate surface area is 263 Å². The Balaban J connectivity index is 1.33. The number of hydrogen-bond donors (Lipinski definition) is 0. The zero-order valence-electron chi connectivity index (χ0n) is 26.5. The molecule has 0 aromatic heterocycles. The number of likely N-dealkylation sites (tertiary alicyclic amines) is 1. The summed E-state index contributed by atoms with van der Waals surface area (Å²) in [5, 5.41) is 0. The van der Waals surface area contributed by atoms with Crippen LogP contribution in [0.4, 0.5) is 4.79 Å². The Bertz CT molecular complexity index is 1370. The Morgan fingerprint density at radius 2 is 1.76 bits per heavy atom. The van der Waals surface area contributed by atoms with Crippen LogP contribution in [0.15, 0.2) is 30.0 Å². The van der Waals surface area contributed by atoms with Crippen molar-refractivity contribution in [3.63, 3.8) is 0 Å². The van der Waals surface area contributed by atoms with Gasteiger partial charge in [-0.2, -0.15) is 0 Å². The Hall–Kier alpha value is -3.80. The zero-order valence-corrected chi connectivity index (χ0v) is 26.5. The summed E-state index contributed by atoms with van der Waals surface area (Å²) in [5.41, 5.74) is 0.176. The lowest BCUT2D eigenvalue weighted by molar-refractivity contribution is -0.182. The van der Waals surface area contributed by atoms with Crippen LogP contribution in [-0.2, 0) is 35.1 Å². The molecule has 1 saturated carbocycles. The van der Waals surface area contributed by atoms with E-state index in [4.69, 9.17) is 23.7 Å². The number of nitrogens with zero attached hydrogens (tertiary/aromatic N) is 3. The summed E-state index contributed by atoms with van der Waals surface area (Å²) in [4.78, 5) is 59.3. The van der Waals surface area contributed by atoms with E-state index in [-0.39, 0.29) is 62.5 Å². The average molecular weight is 626 g/mol. The van der Waals surface area contributed by atoms with Crippen LogP contribution in [0.3, 0.4) is 0 Å². The van der Waals surface area contributed by atoms with Gasteiger partial charge in [0, 0.05) is 44.2 Å². The molecule has 1 aromatic rings. The third-order valence-corrected chi connectivity index (χ3v) is 9.66. The van der Waals surface area contributed by atoms with Crippen LogP contribution >= 0.6 is 0 Å². The molecule has 45 heavy (non-hydrogen) atoms. The monoisotopic (exact) mass is 625 g/mol. The maximum atomic E-state index is 14.5. The number of carbonyl (C=O) groups is 4. The molecule has 1 aliphatic carbocycles. The lowest BCUT2D eigenvalue weighted by atomic mass is 9.64. The van der Waals surface area contributed by atoms with Gasteiger partial charge >= 0.3 is 12.1 Å². The predicted molar refractivity (Wildman–Crippen MR) is 160 cm³/mol. The molecular weight excluding hydrogens is 582 g/mol. The molecule has 3 fully saturated rings. The van der Waals surface area contributed by atoms with Crippen LogP contribution in [0.25, 0.3) is 0 Å². The quantitative estimate of drug-likeness (QED) is 0.400. The van der Waals surface area contributed by atoms with Gasteiger partial charge in [0.2, 0.25) is 18.6 Å². The maximum absolute atomic E-state index is 14.5. The first-order valence-corrected chi connectivity index (χ1v) is 16.0. The number of rotatable bonds is 8. The molecule has 0 bridgehead atoms. The fourth-order valence-corrected chi connectivity index (χ4v) is 7.13. The molecule has 4 aliphatic heterocycles. The van der Waals surface area contributed by atoms with Crippen molar-refractivity contribution in [2.24, 2.45) is 23.2 Å². The van der Waals surface area contributed by atoms with Crippen molar-refractivity contribution in [3.05, 3.63) is 35.5 Å². The summed E-state index contributed by atoms with van der Waals surface area (Å²) in [6.07, 6.45) is 2.68. The van der Waals surface area contributed by atoms with Gasteiger partial charge in [0.05, 0.1) is 32.5 Å².